The van der Waals surface area contributed by atoms with Crippen LogP contribution in [0.25, 0.3) is 0 Å². The number of nitrogens with two attached hydrogens (primary N) is 3. The van der Waals surface area contributed by atoms with Crippen molar-refractivity contribution < 1.29 is 24.0 Å². The molecule has 1 aliphatic rings. The molecule has 30 heavy (non-hydrogen) atoms. The number of carboxylic acids is 1. The van der Waals surface area contributed by atoms with Gasteiger partial charge in [0.2, 0.25) is 5.89 Å². The van der Waals surface area contributed by atoms with E-state index in [4.69, 9.17) is 26.5 Å². The van der Waals surface area contributed by atoms with Gasteiger partial charge in [0.1, 0.15) is 12.1 Å². The zero-order valence-electron chi connectivity index (χ0n) is 17.2. The molecule has 0 spiro atoms. The van der Waals surface area contributed by atoms with Crippen LogP contribution in [0, 0.1) is 0 Å². The number of carboxylic acid groups (broad SMARTS) is 1. The van der Waals surface area contributed by atoms with Crippen LogP contribution >= 0.6 is 0 Å². The number of carbonyl (C=O) groups is 2. The van der Waals surface area contributed by atoms with Crippen molar-refractivity contribution in [2.45, 2.75) is 63.1 Å². The SMILES string of the molecule is NCCCC[C@H](N)c1noc([C@H](CCCOCN)NC(=O)N2CCCC2C(=O)O)n1. The molecule has 1 aromatic rings. The standard InChI is InChI=1S/C18H33N7O5/c19-8-2-1-5-12(21)15-23-16(30-24-15)13(6-4-10-29-11-20)22-18(28)25-9-3-7-14(25)17(26)27/h12-14H,1-11,19-21H2,(H,22,28)(H,26,27)/t12-,13-,14?/m0/s1. The number of likely N-dealkylation sites (tertiary alicyclic amines) is 1. The Hall–Kier alpha value is -2.28. The first-order valence-electron chi connectivity index (χ1n) is 10.3. The molecule has 0 aromatic carbocycles. The van der Waals surface area contributed by atoms with E-state index in [0.717, 1.165) is 12.8 Å². The minimum Gasteiger partial charge on any atom is -0.480 e. The second-order valence-corrected chi connectivity index (χ2v) is 7.29. The van der Waals surface area contributed by atoms with Crippen molar-refractivity contribution in [3.63, 3.8) is 0 Å². The summed E-state index contributed by atoms with van der Waals surface area (Å²) in [6.45, 7) is 1.49. The summed E-state index contributed by atoms with van der Waals surface area (Å²) >= 11 is 0. The number of carbonyl (C=O) groups excluding carboxylic acids is 1. The van der Waals surface area contributed by atoms with Gasteiger partial charge in [-0.25, -0.2) is 9.59 Å². The van der Waals surface area contributed by atoms with Crippen molar-refractivity contribution in [2.75, 3.05) is 26.4 Å². The quantitative estimate of drug-likeness (QED) is 0.214. The Bertz CT molecular complexity index is 671. The number of aromatic nitrogens is 2. The fourth-order valence-corrected chi connectivity index (χ4v) is 3.41. The number of nitrogens with one attached hydrogen (secondary N) is 1. The van der Waals surface area contributed by atoms with Crippen molar-refractivity contribution in [1.29, 1.82) is 0 Å². The van der Waals surface area contributed by atoms with Gasteiger partial charge in [-0.1, -0.05) is 11.6 Å². The van der Waals surface area contributed by atoms with E-state index >= 15 is 0 Å². The summed E-state index contributed by atoms with van der Waals surface area (Å²) in [7, 11) is 0. The zero-order valence-corrected chi connectivity index (χ0v) is 17.2. The first kappa shape index (κ1) is 24.0. The van der Waals surface area contributed by atoms with Gasteiger partial charge < -0.3 is 41.8 Å². The van der Waals surface area contributed by atoms with E-state index in [1.54, 1.807) is 0 Å². The zero-order chi connectivity index (χ0) is 21.9. The highest BCUT2D eigenvalue weighted by atomic mass is 16.5. The topological polar surface area (TPSA) is 196 Å². The van der Waals surface area contributed by atoms with Crippen LogP contribution in [0.3, 0.4) is 0 Å². The lowest BCUT2D eigenvalue weighted by Gasteiger charge is -2.24. The van der Waals surface area contributed by atoms with Crippen molar-refractivity contribution in [3.05, 3.63) is 11.7 Å². The van der Waals surface area contributed by atoms with Gasteiger partial charge in [0.15, 0.2) is 5.82 Å². The van der Waals surface area contributed by atoms with E-state index in [0.29, 0.717) is 57.6 Å². The highest BCUT2D eigenvalue weighted by Crippen LogP contribution is 2.23. The maximum absolute atomic E-state index is 12.7. The summed E-state index contributed by atoms with van der Waals surface area (Å²) in [5.74, 6) is -0.422. The van der Waals surface area contributed by atoms with Gasteiger partial charge in [-0.05, 0) is 45.1 Å². The lowest BCUT2D eigenvalue weighted by Crippen LogP contribution is -2.47. The number of aliphatic carboxylic acids is 1. The maximum Gasteiger partial charge on any atom is 0.326 e. The molecule has 8 N–H and O–H groups in total. The van der Waals surface area contributed by atoms with Gasteiger partial charge in [-0.3, -0.25) is 0 Å². The summed E-state index contributed by atoms with van der Waals surface area (Å²) in [5.41, 5.74) is 17.0. The second kappa shape index (κ2) is 12.4. The Morgan fingerprint density at radius 1 is 1.30 bits per heavy atom. The number of ether oxygens (including phenoxy) is 1. The summed E-state index contributed by atoms with van der Waals surface area (Å²) < 4.78 is 10.5. The van der Waals surface area contributed by atoms with Crippen LogP contribution < -0.4 is 22.5 Å². The normalized spacial score (nSPS) is 18.4. The molecule has 1 unspecified atom stereocenters. The summed E-state index contributed by atoms with van der Waals surface area (Å²) in [4.78, 5) is 29.8. The number of unbranched alkanes of at least 4 members (excludes halogenated alkanes) is 1. The molecule has 12 heteroatoms. The minimum atomic E-state index is -1.01. The molecule has 0 radical (unpaired) electrons. The first-order valence-corrected chi connectivity index (χ1v) is 10.3. The van der Waals surface area contributed by atoms with Crippen molar-refractivity contribution in [2.24, 2.45) is 17.2 Å². The molecule has 1 fully saturated rings. The molecule has 3 atom stereocenters. The van der Waals surface area contributed by atoms with Crippen molar-refractivity contribution >= 4 is 12.0 Å². The van der Waals surface area contributed by atoms with Crippen LogP contribution in [0.4, 0.5) is 4.79 Å². The number of nitrogens with zero attached hydrogens (tertiary/aromatic N) is 3. The van der Waals surface area contributed by atoms with E-state index in [-0.39, 0.29) is 18.7 Å². The number of amides is 2. The minimum absolute atomic E-state index is 0.105. The Balaban J connectivity index is 2.05. The highest BCUT2D eigenvalue weighted by molar-refractivity contribution is 5.83. The van der Waals surface area contributed by atoms with Crippen LogP contribution in [0.15, 0.2) is 4.52 Å². The number of hydrogen-bond acceptors (Lipinski definition) is 9. The predicted molar refractivity (Wildman–Crippen MR) is 107 cm³/mol. The molecule has 2 heterocycles. The number of hydrogen-bond donors (Lipinski definition) is 5. The Morgan fingerprint density at radius 2 is 2.10 bits per heavy atom. The molecule has 12 nitrogen and oxygen atoms in total. The molecular formula is C18H33N7O5. The molecule has 1 aromatic heterocycles. The molecule has 0 aliphatic carbocycles. The Kier molecular flexibility index (Phi) is 9.94. The van der Waals surface area contributed by atoms with E-state index in [1.165, 1.54) is 4.90 Å². The largest absolute Gasteiger partial charge is 0.480 e. The second-order valence-electron chi connectivity index (χ2n) is 7.29. The maximum atomic E-state index is 12.7. The number of rotatable bonds is 13. The van der Waals surface area contributed by atoms with Gasteiger partial charge in [-0.15, -0.1) is 0 Å². The Morgan fingerprint density at radius 3 is 2.80 bits per heavy atom. The van der Waals surface area contributed by atoms with Crippen molar-refractivity contribution in [1.82, 2.24) is 20.4 Å². The van der Waals surface area contributed by atoms with E-state index in [9.17, 15) is 14.7 Å². The third-order valence-electron chi connectivity index (χ3n) is 5.05. The molecule has 1 saturated heterocycles. The predicted octanol–water partition coefficient (Wildman–Crippen LogP) is 0.211. The smallest absolute Gasteiger partial charge is 0.326 e. The lowest BCUT2D eigenvalue weighted by molar-refractivity contribution is -0.141. The molecule has 170 valence electrons. The fraction of sp³-hybridized carbons (Fsp3) is 0.778. The fourth-order valence-electron chi connectivity index (χ4n) is 3.41. The van der Waals surface area contributed by atoms with Crippen LogP contribution in [0.2, 0.25) is 0 Å². The summed E-state index contributed by atoms with van der Waals surface area (Å²) in [6, 6.07) is -2.29. The lowest BCUT2D eigenvalue weighted by atomic mass is 10.1. The van der Waals surface area contributed by atoms with Gasteiger partial charge >= 0.3 is 12.0 Å². The van der Waals surface area contributed by atoms with Gasteiger partial charge in [0, 0.05) is 13.2 Å². The van der Waals surface area contributed by atoms with Gasteiger partial charge in [0.05, 0.1) is 12.8 Å². The van der Waals surface area contributed by atoms with Gasteiger partial charge in [-0.2, -0.15) is 4.98 Å². The third-order valence-corrected chi connectivity index (χ3v) is 5.05. The average molecular weight is 428 g/mol. The van der Waals surface area contributed by atoms with E-state index < -0.39 is 24.1 Å². The third kappa shape index (κ3) is 6.90. The molecule has 1 aliphatic heterocycles. The van der Waals surface area contributed by atoms with E-state index in [2.05, 4.69) is 15.5 Å². The Labute approximate surface area is 175 Å². The van der Waals surface area contributed by atoms with Crippen LogP contribution in [0.5, 0.6) is 0 Å². The molecule has 0 saturated carbocycles. The monoisotopic (exact) mass is 427 g/mol. The summed E-state index contributed by atoms with van der Waals surface area (Å²) in [5, 5.41) is 16.1. The van der Waals surface area contributed by atoms with Crippen molar-refractivity contribution in [3.8, 4) is 0 Å². The van der Waals surface area contributed by atoms with Crippen LogP contribution in [0.1, 0.15) is 68.7 Å². The summed E-state index contributed by atoms with van der Waals surface area (Å²) in [6.07, 6.45) is 4.50. The average Bonchev–Trinajstić information content (AvgIpc) is 3.40. The van der Waals surface area contributed by atoms with Crippen LogP contribution in [-0.4, -0.2) is 64.6 Å². The number of urea groups is 1. The molecular weight excluding hydrogens is 394 g/mol. The van der Waals surface area contributed by atoms with Crippen LogP contribution in [-0.2, 0) is 9.53 Å². The highest BCUT2D eigenvalue weighted by Gasteiger charge is 2.35. The molecule has 2 amide bonds. The van der Waals surface area contributed by atoms with Gasteiger partial charge in [0.25, 0.3) is 0 Å². The molecule has 2 rings (SSSR count). The first-order chi connectivity index (χ1) is 14.5. The van der Waals surface area contributed by atoms with E-state index in [1.807, 2.05) is 0 Å². The molecule has 0 bridgehead atoms.